The number of rotatable bonds is 5. The van der Waals surface area contributed by atoms with Crippen molar-refractivity contribution in [3.05, 3.63) is 71.7 Å². The summed E-state index contributed by atoms with van der Waals surface area (Å²) in [4.78, 5) is 4.51. The Morgan fingerprint density at radius 2 is 1.88 bits per heavy atom. The molecule has 0 bridgehead atoms. The van der Waals surface area contributed by atoms with Crippen LogP contribution < -0.4 is 10.6 Å². The van der Waals surface area contributed by atoms with Crippen LogP contribution in [0.4, 0.5) is 4.39 Å². The highest BCUT2D eigenvalue weighted by Gasteiger charge is 2.04. The first-order valence-corrected chi connectivity index (χ1v) is 7.98. The molecule has 0 aliphatic heterocycles. The normalized spacial score (nSPS) is 11.7. The van der Waals surface area contributed by atoms with E-state index in [2.05, 4.69) is 15.6 Å². The van der Waals surface area contributed by atoms with Crippen LogP contribution in [-0.4, -0.2) is 12.5 Å². The monoisotopic (exact) mass is 325 g/mol. The van der Waals surface area contributed by atoms with E-state index in [-0.39, 0.29) is 5.82 Å². The van der Waals surface area contributed by atoms with Gasteiger partial charge in [-0.05, 0) is 36.8 Å². The zero-order chi connectivity index (χ0) is 16.8. The Bertz CT molecular complexity index is 791. The predicted molar refractivity (Wildman–Crippen MR) is 94.3 cm³/mol. The van der Waals surface area contributed by atoms with Gasteiger partial charge in [0.05, 0.1) is 13.1 Å². The molecule has 0 aliphatic carbocycles. The third kappa shape index (κ3) is 4.13. The van der Waals surface area contributed by atoms with Gasteiger partial charge in [-0.2, -0.15) is 0 Å². The molecule has 24 heavy (non-hydrogen) atoms. The van der Waals surface area contributed by atoms with Crippen molar-refractivity contribution in [3.63, 3.8) is 0 Å². The summed E-state index contributed by atoms with van der Waals surface area (Å²) in [6.07, 6.45) is 0. The Morgan fingerprint density at radius 1 is 1.08 bits per heavy atom. The number of guanidine groups is 1. The number of benzene rings is 2. The Morgan fingerprint density at radius 3 is 2.62 bits per heavy atom. The number of fused-ring (bicyclic) bond motifs is 1. The third-order valence-electron chi connectivity index (χ3n) is 3.58. The summed E-state index contributed by atoms with van der Waals surface area (Å²) >= 11 is 0. The molecule has 2 N–H and O–H groups in total. The van der Waals surface area contributed by atoms with Crippen molar-refractivity contribution < 1.29 is 8.81 Å². The number of para-hydroxylation sites is 1. The Labute approximate surface area is 140 Å². The average molecular weight is 325 g/mol. The summed E-state index contributed by atoms with van der Waals surface area (Å²) in [6.45, 7) is 3.80. The number of nitrogens with one attached hydrogen (secondary N) is 2. The number of hydrogen-bond donors (Lipinski definition) is 2. The zero-order valence-corrected chi connectivity index (χ0v) is 13.6. The maximum Gasteiger partial charge on any atom is 0.191 e. The molecule has 3 aromatic rings. The molecular formula is C19H20FN3O. The fourth-order valence-corrected chi connectivity index (χ4v) is 2.40. The van der Waals surface area contributed by atoms with Gasteiger partial charge in [-0.15, -0.1) is 0 Å². The van der Waals surface area contributed by atoms with E-state index in [9.17, 15) is 4.39 Å². The molecule has 0 fully saturated rings. The molecule has 124 valence electrons. The molecule has 0 radical (unpaired) electrons. The fraction of sp³-hybridized carbons (Fsp3) is 0.211. The molecule has 5 heteroatoms. The highest BCUT2D eigenvalue weighted by Crippen LogP contribution is 2.18. The van der Waals surface area contributed by atoms with E-state index < -0.39 is 0 Å². The van der Waals surface area contributed by atoms with Crippen LogP contribution in [0.2, 0.25) is 0 Å². The van der Waals surface area contributed by atoms with Crippen LogP contribution in [0, 0.1) is 5.82 Å². The maximum atomic E-state index is 12.9. The minimum absolute atomic E-state index is 0.238. The van der Waals surface area contributed by atoms with Gasteiger partial charge < -0.3 is 15.1 Å². The molecule has 1 heterocycles. The van der Waals surface area contributed by atoms with E-state index in [4.69, 9.17) is 4.42 Å². The highest BCUT2D eigenvalue weighted by atomic mass is 19.1. The number of hydrogen-bond acceptors (Lipinski definition) is 2. The lowest BCUT2D eigenvalue weighted by Gasteiger charge is -2.10. The van der Waals surface area contributed by atoms with Crippen molar-refractivity contribution in [1.29, 1.82) is 0 Å². The van der Waals surface area contributed by atoms with Crippen molar-refractivity contribution in [1.82, 2.24) is 10.6 Å². The lowest BCUT2D eigenvalue weighted by atomic mass is 10.2. The minimum atomic E-state index is -0.238. The second-order valence-electron chi connectivity index (χ2n) is 5.43. The van der Waals surface area contributed by atoms with Gasteiger partial charge in [0.1, 0.15) is 17.2 Å². The van der Waals surface area contributed by atoms with Gasteiger partial charge >= 0.3 is 0 Å². The highest BCUT2D eigenvalue weighted by molar-refractivity contribution is 5.80. The quantitative estimate of drug-likeness (QED) is 0.554. The van der Waals surface area contributed by atoms with Gasteiger partial charge in [0.2, 0.25) is 0 Å². The predicted octanol–water partition coefficient (Wildman–Crippen LogP) is 3.83. The first-order chi connectivity index (χ1) is 11.7. The molecule has 4 nitrogen and oxygen atoms in total. The van der Waals surface area contributed by atoms with Crippen LogP contribution in [0.25, 0.3) is 11.0 Å². The smallest absolute Gasteiger partial charge is 0.191 e. The Kier molecular flexibility index (Phi) is 5.11. The Balaban J connectivity index is 1.64. The second kappa shape index (κ2) is 7.64. The van der Waals surface area contributed by atoms with E-state index in [1.54, 1.807) is 12.1 Å². The van der Waals surface area contributed by atoms with E-state index in [0.29, 0.717) is 19.0 Å². The van der Waals surface area contributed by atoms with E-state index in [1.165, 1.54) is 12.1 Å². The molecule has 0 atom stereocenters. The molecule has 0 amide bonds. The van der Waals surface area contributed by atoms with E-state index >= 15 is 0 Å². The molecule has 1 aromatic heterocycles. The largest absolute Gasteiger partial charge is 0.459 e. The van der Waals surface area contributed by atoms with Crippen molar-refractivity contribution in [3.8, 4) is 0 Å². The molecular weight excluding hydrogens is 305 g/mol. The number of halogens is 1. The molecule has 2 aromatic carbocycles. The zero-order valence-electron chi connectivity index (χ0n) is 13.6. The molecule has 0 saturated heterocycles. The number of nitrogens with zero attached hydrogens (tertiary/aromatic N) is 1. The fourth-order valence-electron chi connectivity index (χ4n) is 2.40. The SMILES string of the molecule is CCNC(=NCc1ccc(F)cc1)NCc1cc2ccccc2o1. The van der Waals surface area contributed by atoms with Gasteiger partial charge in [0.25, 0.3) is 0 Å². The lowest BCUT2D eigenvalue weighted by molar-refractivity contribution is 0.538. The van der Waals surface area contributed by atoms with Gasteiger partial charge in [0, 0.05) is 11.9 Å². The topological polar surface area (TPSA) is 49.6 Å². The van der Waals surface area contributed by atoms with Gasteiger partial charge in [-0.25, -0.2) is 9.38 Å². The van der Waals surface area contributed by atoms with Gasteiger partial charge in [0.15, 0.2) is 5.96 Å². The molecule has 3 rings (SSSR count). The molecule has 0 spiro atoms. The van der Waals surface area contributed by atoms with Gasteiger partial charge in [-0.3, -0.25) is 0 Å². The summed E-state index contributed by atoms with van der Waals surface area (Å²) in [5.41, 5.74) is 1.83. The summed E-state index contributed by atoms with van der Waals surface area (Å²) < 4.78 is 18.7. The molecule has 0 unspecified atom stereocenters. The van der Waals surface area contributed by atoms with Crippen LogP contribution in [0.3, 0.4) is 0 Å². The van der Waals surface area contributed by atoms with Gasteiger partial charge in [-0.1, -0.05) is 30.3 Å². The van der Waals surface area contributed by atoms with Crippen molar-refractivity contribution in [2.45, 2.75) is 20.0 Å². The second-order valence-corrected chi connectivity index (χ2v) is 5.43. The van der Waals surface area contributed by atoms with Crippen LogP contribution in [0.15, 0.2) is 64.0 Å². The lowest BCUT2D eigenvalue weighted by Crippen LogP contribution is -2.36. The van der Waals surface area contributed by atoms with Crippen LogP contribution >= 0.6 is 0 Å². The van der Waals surface area contributed by atoms with Crippen molar-refractivity contribution in [2.75, 3.05) is 6.54 Å². The van der Waals surface area contributed by atoms with Crippen molar-refractivity contribution in [2.24, 2.45) is 4.99 Å². The number of aliphatic imine (C=N–C) groups is 1. The summed E-state index contributed by atoms with van der Waals surface area (Å²) in [7, 11) is 0. The third-order valence-corrected chi connectivity index (χ3v) is 3.58. The summed E-state index contributed by atoms with van der Waals surface area (Å²) in [5, 5.41) is 7.53. The minimum Gasteiger partial charge on any atom is -0.459 e. The molecule has 0 aliphatic rings. The number of furan rings is 1. The maximum absolute atomic E-state index is 12.9. The van der Waals surface area contributed by atoms with Crippen LogP contribution in [0.5, 0.6) is 0 Å². The molecule has 0 saturated carbocycles. The summed E-state index contributed by atoms with van der Waals surface area (Å²) in [6, 6.07) is 16.3. The van der Waals surface area contributed by atoms with Crippen molar-refractivity contribution >= 4 is 16.9 Å². The first-order valence-electron chi connectivity index (χ1n) is 7.98. The van der Waals surface area contributed by atoms with Crippen LogP contribution in [0.1, 0.15) is 18.2 Å². The van der Waals surface area contributed by atoms with Crippen LogP contribution in [-0.2, 0) is 13.1 Å². The van der Waals surface area contributed by atoms with E-state index in [1.807, 2.05) is 37.3 Å². The van der Waals surface area contributed by atoms with E-state index in [0.717, 1.165) is 28.8 Å². The standard InChI is InChI=1S/C19H20FN3O/c1-2-21-19(22-12-14-7-9-16(20)10-8-14)23-13-17-11-15-5-3-4-6-18(15)24-17/h3-11H,2,12-13H2,1H3,(H2,21,22,23). The summed E-state index contributed by atoms with van der Waals surface area (Å²) in [5.74, 6) is 1.31. The first kappa shape index (κ1) is 16.1. The Hall–Kier alpha value is -2.82. The average Bonchev–Trinajstić information content (AvgIpc) is 3.02.